The quantitative estimate of drug-likeness (QED) is 0.643. The highest BCUT2D eigenvalue weighted by molar-refractivity contribution is 5.87. The molecule has 162 valence electrons. The smallest absolute Gasteiger partial charge is 0.258 e. The molecule has 2 aromatic carbocycles. The average Bonchev–Trinajstić information content (AvgIpc) is 2.75. The van der Waals surface area contributed by atoms with Gasteiger partial charge in [-0.15, -0.1) is 0 Å². The van der Waals surface area contributed by atoms with Crippen LogP contribution in [0.1, 0.15) is 42.8 Å². The van der Waals surface area contributed by atoms with Gasteiger partial charge in [-0.3, -0.25) is 14.5 Å². The van der Waals surface area contributed by atoms with Crippen molar-refractivity contribution in [2.75, 3.05) is 26.2 Å². The lowest BCUT2D eigenvalue weighted by atomic mass is 9.89. The Kier molecular flexibility index (Phi) is 6.30. The maximum atomic E-state index is 13.5. The van der Waals surface area contributed by atoms with Gasteiger partial charge in [-0.05, 0) is 30.5 Å². The minimum atomic E-state index is -0.453. The number of Topliss-reactive ketones (excluding diaryl/α,β-unsaturated/α-hetero) is 1. The van der Waals surface area contributed by atoms with Crippen molar-refractivity contribution < 1.29 is 4.79 Å². The fraction of sp³-hybridized carbons (Fsp3) is 0.400. The molecule has 2 N–H and O–H groups in total. The molecule has 2 atom stereocenters. The van der Waals surface area contributed by atoms with Crippen molar-refractivity contribution in [1.29, 1.82) is 0 Å². The number of nitrogens with one attached hydrogen (secondary N) is 2. The largest absolute Gasteiger partial charge is 0.314 e. The molecule has 0 amide bonds. The van der Waals surface area contributed by atoms with E-state index in [1.54, 1.807) is 6.07 Å². The number of piperazine rings is 1. The van der Waals surface area contributed by atoms with Crippen molar-refractivity contribution in [3.8, 4) is 0 Å². The van der Waals surface area contributed by atoms with Gasteiger partial charge >= 0.3 is 0 Å². The summed E-state index contributed by atoms with van der Waals surface area (Å²) in [5.41, 5.74) is 2.86. The Hall–Kier alpha value is -2.83. The first-order chi connectivity index (χ1) is 14.9. The molecular formula is C25H30N4O2. The molecule has 2 heterocycles. The Morgan fingerprint density at radius 3 is 2.65 bits per heavy atom. The zero-order valence-corrected chi connectivity index (χ0v) is 18.4. The molecule has 0 saturated carbocycles. The molecular weight excluding hydrogens is 388 g/mol. The number of H-pyrrole nitrogens is 1. The zero-order chi connectivity index (χ0) is 22.0. The number of aromatic amines is 1. The average molecular weight is 419 g/mol. The Bertz CT molecular complexity index is 1120. The number of hydrogen-bond donors (Lipinski definition) is 2. The van der Waals surface area contributed by atoms with Crippen LogP contribution in [-0.4, -0.2) is 46.8 Å². The van der Waals surface area contributed by atoms with E-state index in [1.807, 2.05) is 32.0 Å². The minimum Gasteiger partial charge on any atom is -0.314 e. The summed E-state index contributed by atoms with van der Waals surface area (Å²) < 4.78 is 0. The topological polar surface area (TPSA) is 78.1 Å². The number of aromatic nitrogens is 2. The van der Waals surface area contributed by atoms with Crippen LogP contribution in [0.25, 0.3) is 10.9 Å². The number of hydrogen-bond acceptors (Lipinski definition) is 5. The molecule has 0 radical (unpaired) electrons. The van der Waals surface area contributed by atoms with E-state index in [0.29, 0.717) is 23.3 Å². The van der Waals surface area contributed by atoms with Crippen molar-refractivity contribution in [3.05, 3.63) is 75.8 Å². The van der Waals surface area contributed by atoms with Crippen LogP contribution >= 0.6 is 0 Å². The first-order valence-corrected chi connectivity index (χ1v) is 11.0. The standard InChI is InChI=1S/C25H30N4O2/c1-16(2)23(24-27-20-7-5-4-6-19(20)25(31)28-24)22(30)15-29-13-12-26-14-21(29)18-10-8-17(3)9-11-18/h4-11,16,21,23,26H,12-15H2,1-3H3,(H,27,28,31). The van der Waals surface area contributed by atoms with E-state index in [1.165, 1.54) is 11.1 Å². The number of fused-ring (bicyclic) bond motifs is 1. The fourth-order valence-electron chi connectivity index (χ4n) is 4.44. The highest BCUT2D eigenvalue weighted by Gasteiger charge is 2.32. The Morgan fingerprint density at radius 2 is 1.90 bits per heavy atom. The number of aryl methyl sites for hydroxylation is 1. The van der Waals surface area contributed by atoms with E-state index in [-0.39, 0.29) is 23.3 Å². The molecule has 1 aliphatic heterocycles. The number of para-hydroxylation sites is 1. The normalized spacial score (nSPS) is 18.4. The highest BCUT2D eigenvalue weighted by Crippen LogP contribution is 2.27. The SMILES string of the molecule is Cc1ccc(C2CNCCN2CC(=O)C(c2nc3ccccc3c(=O)[nH]2)C(C)C)cc1. The van der Waals surface area contributed by atoms with Gasteiger partial charge in [0.25, 0.3) is 5.56 Å². The van der Waals surface area contributed by atoms with Crippen molar-refractivity contribution >= 4 is 16.7 Å². The predicted octanol–water partition coefficient (Wildman–Crippen LogP) is 3.19. The van der Waals surface area contributed by atoms with Gasteiger partial charge in [0.1, 0.15) is 5.82 Å². The molecule has 1 fully saturated rings. The molecule has 31 heavy (non-hydrogen) atoms. The lowest BCUT2D eigenvalue weighted by molar-refractivity contribution is -0.123. The van der Waals surface area contributed by atoms with E-state index < -0.39 is 5.92 Å². The number of carbonyl (C=O) groups is 1. The van der Waals surface area contributed by atoms with Crippen LogP contribution in [0.15, 0.2) is 53.3 Å². The number of ketones is 1. The van der Waals surface area contributed by atoms with Crippen LogP contribution in [0.5, 0.6) is 0 Å². The Labute approximate surface area is 182 Å². The van der Waals surface area contributed by atoms with Gasteiger partial charge in [0, 0.05) is 25.7 Å². The molecule has 1 aromatic heterocycles. The van der Waals surface area contributed by atoms with Crippen LogP contribution in [0.2, 0.25) is 0 Å². The third-order valence-electron chi connectivity index (χ3n) is 6.11. The number of nitrogens with zero attached hydrogens (tertiary/aromatic N) is 2. The maximum absolute atomic E-state index is 13.5. The Morgan fingerprint density at radius 1 is 1.16 bits per heavy atom. The second-order valence-corrected chi connectivity index (χ2v) is 8.76. The second-order valence-electron chi connectivity index (χ2n) is 8.76. The molecule has 6 nitrogen and oxygen atoms in total. The molecule has 4 rings (SSSR count). The molecule has 0 bridgehead atoms. The summed E-state index contributed by atoms with van der Waals surface area (Å²) in [5.74, 6) is 0.126. The van der Waals surface area contributed by atoms with Gasteiger partial charge in [-0.25, -0.2) is 4.98 Å². The molecule has 0 spiro atoms. The van der Waals surface area contributed by atoms with Gasteiger partial charge in [-0.2, -0.15) is 0 Å². The molecule has 1 aliphatic rings. The van der Waals surface area contributed by atoms with Gasteiger partial charge < -0.3 is 10.3 Å². The monoisotopic (exact) mass is 418 g/mol. The summed E-state index contributed by atoms with van der Waals surface area (Å²) in [6, 6.07) is 15.9. The summed E-state index contributed by atoms with van der Waals surface area (Å²) in [5, 5.41) is 3.99. The zero-order valence-electron chi connectivity index (χ0n) is 18.4. The molecule has 1 saturated heterocycles. The number of rotatable bonds is 6. The van der Waals surface area contributed by atoms with E-state index in [2.05, 4.69) is 51.4 Å². The summed E-state index contributed by atoms with van der Waals surface area (Å²) >= 11 is 0. The van der Waals surface area contributed by atoms with Crippen LogP contribution in [0.3, 0.4) is 0 Å². The summed E-state index contributed by atoms with van der Waals surface area (Å²) in [7, 11) is 0. The number of carbonyl (C=O) groups excluding carboxylic acids is 1. The van der Waals surface area contributed by atoms with Gasteiger partial charge in [0.2, 0.25) is 0 Å². The minimum absolute atomic E-state index is 0.0255. The summed E-state index contributed by atoms with van der Waals surface area (Å²) in [6.07, 6.45) is 0. The lowest BCUT2D eigenvalue weighted by Crippen LogP contribution is -2.48. The number of benzene rings is 2. The molecule has 6 heteroatoms. The van der Waals surface area contributed by atoms with Gasteiger partial charge in [0.15, 0.2) is 5.78 Å². The molecule has 0 aliphatic carbocycles. The molecule has 3 aromatic rings. The van der Waals surface area contributed by atoms with Crippen LogP contribution < -0.4 is 10.9 Å². The van der Waals surface area contributed by atoms with Crippen molar-refractivity contribution in [2.45, 2.75) is 32.7 Å². The Balaban J connectivity index is 1.61. The van der Waals surface area contributed by atoms with Crippen LogP contribution in [0, 0.1) is 12.8 Å². The third-order valence-corrected chi connectivity index (χ3v) is 6.11. The fourth-order valence-corrected chi connectivity index (χ4v) is 4.44. The van der Waals surface area contributed by atoms with Crippen molar-refractivity contribution in [2.24, 2.45) is 5.92 Å². The van der Waals surface area contributed by atoms with Gasteiger partial charge in [0.05, 0.1) is 23.4 Å². The third kappa shape index (κ3) is 4.60. The summed E-state index contributed by atoms with van der Waals surface area (Å²) in [4.78, 5) is 35.9. The summed E-state index contributed by atoms with van der Waals surface area (Å²) in [6.45, 7) is 8.89. The lowest BCUT2D eigenvalue weighted by Gasteiger charge is -2.37. The second kappa shape index (κ2) is 9.12. The van der Waals surface area contributed by atoms with Crippen molar-refractivity contribution in [1.82, 2.24) is 20.2 Å². The highest BCUT2D eigenvalue weighted by atomic mass is 16.1. The van der Waals surface area contributed by atoms with Crippen LogP contribution in [-0.2, 0) is 4.79 Å². The van der Waals surface area contributed by atoms with E-state index >= 15 is 0 Å². The van der Waals surface area contributed by atoms with Crippen molar-refractivity contribution in [3.63, 3.8) is 0 Å². The van der Waals surface area contributed by atoms with Gasteiger partial charge in [-0.1, -0.05) is 55.8 Å². The molecule has 2 unspecified atom stereocenters. The first kappa shape index (κ1) is 21.4. The van der Waals surface area contributed by atoms with E-state index in [0.717, 1.165) is 19.6 Å². The van der Waals surface area contributed by atoms with E-state index in [4.69, 9.17) is 0 Å². The maximum Gasteiger partial charge on any atom is 0.258 e. The van der Waals surface area contributed by atoms with E-state index in [9.17, 15) is 9.59 Å². The van der Waals surface area contributed by atoms with Crippen LogP contribution in [0.4, 0.5) is 0 Å². The predicted molar refractivity (Wildman–Crippen MR) is 123 cm³/mol. The first-order valence-electron chi connectivity index (χ1n) is 11.0.